The van der Waals surface area contributed by atoms with Gasteiger partial charge in [-0.05, 0) is 62.8 Å². The van der Waals surface area contributed by atoms with E-state index in [9.17, 15) is 13.2 Å². The fourth-order valence-corrected chi connectivity index (χ4v) is 5.96. The zero-order chi connectivity index (χ0) is 19.9. The minimum Gasteiger partial charge on any atom is -0.360 e. The Bertz CT molecular complexity index is 993. The second kappa shape index (κ2) is 7.33. The lowest BCUT2D eigenvalue weighted by atomic mass is 10.1. The molecule has 0 radical (unpaired) electrons. The van der Waals surface area contributed by atoms with Crippen molar-refractivity contribution in [2.45, 2.75) is 44.4 Å². The van der Waals surface area contributed by atoms with E-state index in [0.717, 1.165) is 19.3 Å². The van der Waals surface area contributed by atoms with E-state index in [4.69, 9.17) is 4.52 Å². The average molecular weight is 404 g/mol. The zero-order valence-electron chi connectivity index (χ0n) is 16.3. The monoisotopic (exact) mass is 403 g/mol. The molecule has 1 aliphatic heterocycles. The predicted molar refractivity (Wildman–Crippen MR) is 104 cm³/mol. The number of sulfonamides is 1. The van der Waals surface area contributed by atoms with Gasteiger partial charge in [0, 0.05) is 31.7 Å². The molecule has 4 rings (SSSR count). The van der Waals surface area contributed by atoms with Crippen LogP contribution in [0.15, 0.2) is 27.6 Å². The standard InChI is InChI=1S/C20H25N3O4S/c1-14-19(15(2)27-21-14)28(25,26)23-10-4-9-22(11-12-23)20(24)18-8-7-16-5-3-6-17(16)13-18/h7-8,13H,3-6,9-12H2,1-2H3. The van der Waals surface area contributed by atoms with Gasteiger partial charge in [-0.3, -0.25) is 4.79 Å². The number of aromatic nitrogens is 1. The van der Waals surface area contributed by atoms with Gasteiger partial charge < -0.3 is 9.42 Å². The van der Waals surface area contributed by atoms with E-state index in [1.165, 1.54) is 15.4 Å². The van der Waals surface area contributed by atoms with Gasteiger partial charge in [-0.1, -0.05) is 11.2 Å². The SMILES string of the molecule is Cc1noc(C)c1S(=O)(=O)N1CCCN(C(=O)c2ccc3c(c2)CCC3)CC1. The van der Waals surface area contributed by atoms with Gasteiger partial charge in [-0.25, -0.2) is 8.42 Å². The molecule has 0 saturated carbocycles. The van der Waals surface area contributed by atoms with Gasteiger partial charge in [-0.15, -0.1) is 0 Å². The van der Waals surface area contributed by atoms with Gasteiger partial charge in [0.05, 0.1) is 0 Å². The van der Waals surface area contributed by atoms with Crippen LogP contribution in [0, 0.1) is 13.8 Å². The third-order valence-corrected chi connectivity index (χ3v) is 7.80. The molecule has 8 heteroatoms. The molecule has 1 amide bonds. The second-order valence-corrected chi connectivity index (χ2v) is 9.41. The summed E-state index contributed by atoms with van der Waals surface area (Å²) in [5.74, 6) is 0.277. The molecule has 1 saturated heterocycles. The number of fused-ring (bicyclic) bond motifs is 1. The van der Waals surface area contributed by atoms with Crippen molar-refractivity contribution in [2.75, 3.05) is 26.2 Å². The zero-order valence-corrected chi connectivity index (χ0v) is 17.1. The molecule has 0 bridgehead atoms. The van der Waals surface area contributed by atoms with E-state index in [0.29, 0.717) is 43.1 Å². The highest BCUT2D eigenvalue weighted by Gasteiger charge is 2.33. The molecule has 0 spiro atoms. The van der Waals surface area contributed by atoms with Crippen molar-refractivity contribution in [3.8, 4) is 0 Å². The summed E-state index contributed by atoms with van der Waals surface area (Å²) in [6, 6.07) is 5.96. The summed E-state index contributed by atoms with van der Waals surface area (Å²) in [5, 5.41) is 3.77. The van der Waals surface area contributed by atoms with Crippen LogP contribution >= 0.6 is 0 Å². The first-order valence-electron chi connectivity index (χ1n) is 9.72. The van der Waals surface area contributed by atoms with Crippen molar-refractivity contribution < 1.29 is 17.7 Å². The third-order valence-electron chi connectivity index (χ3n) is 5.65. The van der Waals surface area contributed by atoms with Crippen molar-refractivity contribution in [2.24, 2.45) is 0 Å². The molecular formula is C20H25N3O4S. The number of amides is 1. The number of carbonyl (C=O) groups excluding carboxylic acids is 1. The number of hydrogen-bond acceptors (Lipinski definition) is 5. The fraction of sp³-hybridized carbons (Fsp3) is 0.500. The highest BCUT2D eigenvalue weighted by Crippen LogP contribution is 2.26. The van der Waals surface area contributed by atoms with Crippen molar-refractivity contribution in [1.82, 2.24) is 14.4 Å². The molecule has 28 heavy (non-hydrogen) atoms. The molecule has 2 aliphatic rings. The topological polar surface area (TPSA) is 83.7 Å². The van der Waals surface area contributed by atoms with E-state index >= 15 is 0 Å². The van der Waals surface area contributed by atoms with E-state index in [1.54, 1.807) is 18.7 Å². The number of benzene rings is 1. The maximum Gasteiger partial charge on any atom is 0.253 e. The summed E-state index contributed by atoms with van der Waals surface area (Å²) in [6.07, 6.45) is 3.85. The van der Waals surface area contributed by atoms with Crippen LogP contribution in [-0.4, -0.2) is 54.9 Å². The highest BCUT2D eigenvalue weighted by atomic mass is 32.2. The van der Waals surface area contributed by atoms with E-state index in [2.05, 4.69) is 11.2 Å². The van der Waals surface area contributed by atoms with Crippen LogP contribution in [-0.2, 0) is 22.9 Å². The molecule has 1 aromatic heterocycles. The predicted octanol–water partition coefficient (Wildman–Crippen LogP) is 2.32. The molecule has 7 nitrogen and oxygen atoms in total. The summed E-state index contributed by atoms with van der Waals surface area (Å²) in [7, 11) is -3.69. The maximum atomic E-state index is 13.0. The van der Waals surface area contributed by atoms with E-state index < -0.39 is 10.0 Å². The Balaban J connectivity index is 1.50. The molecule has 1 aliphatic carbocycles. The normalized spacial score (nSPS) is 18.1. The summed E-state index contributed by atoms with van der Waals surface area (Å²) < 4.78 is 32.6. The largest absolute Gasteiger partial charge is 0.360 e. The molecule has 2 heterocycles. The van der Waals surface area contributed by atoms with Crippen LogP contribution in [0.5, 0.6) is 0 Å². The Morgan fingerprint density at radius 3 is 2.57 bits per heavy atom. The number of nitrogens with zero attached hydrogens (tertiary/aromatic N) is 3. The number of aryl methyl sites for hydroxylation is 4. The lowest BCUT2D eigenvalue weighted by Crippen LogP contribution is -2.37. The van der Waals surface area contributed by atoms with Crippen molar-refractivity contribution in [3.05, 3.63) is 46.3 Å². The first-order chi connectivity index (χ1) is 13.4. The van der Waals surface area contributed by atoms with Crippen LogP contribution in [0.3, 0.4) is 0 Å². The molecule has 0 unspecified atom stereocenters. The third kappa shape index (κ3) is 3.35. The van der Waals surface area contributed by atoms with Crippen molar-refractivity contribution in [3.63, 3.8) is 0 Å². The minimum absolute atomic E-state index is 0.0220. The average Bonchev–Trinajstić information content (AvgIpc) is 3.17. The lowest BCUT2D eigenvalue weighted by Gasteiger charge is -2.22. The highest BCUT2D eigenvalue weighted by molar-refractivity contribution is 7.89. The number of hydrogen-bond donors (Lipinski definition) is 0. The molecule has 2 aromatic rings. The maximum absolute atomic E-state index is 13.0. The van der Waals surface area contributed by atoms with E-state index in [-0.39, 0.29) is 17.3 Å². The minimum atomic E-state index is -3.69. The Kier molecular flexibility index (Phi) is 5.01. The van der Waals surface area contributed by atoms with Crippen molar-refractivity contribution in [1.29, 1.82) is 0 Å². The van der Waals surface area contributed by atoms with Crippen LogP contribution in [0.2, 0.25) is 0 Å². The summed E-state index contributed by atoms with van der Waals surface area (Å²) in [4.78, 5) is 14.9. The molecule has 1 fully saturated rings. The van der Waals surface area contributed by atoms with Crippen molar-refractivity contribution >= 4 is 15.9 Å². The quantitative estimate of drug-likeness (QED) is 0.785. The summed E-state index contributed by atoms with van der Waals surface area (Å²) >= 11 is 0. The smallest absolute Gasteiger partial charge is 0.253 e. The van der Waals surface area contributed by atoms with Gasteiger partial charge in [-0.2, -0.15) is 4.31 Å². The first kappa shape index (κ1) is 19.1. The van der Waals surface area contributed by atoms with Gasteiger partial charge in [0.1, 0.15) is 10.6 Å². The molecule has 150 valence electrons. The molecule has 1 aromatic carbocycles. The molecule has 0 atom stereocenters. The number of rotatable bonds is 3. The van der Waals surface area contributed by atoms with Crippen LogP contribution in [0.1, 0.15) is 45.8 Å². The number of carbonyl (C=O) groups is 1. The fourth-order valence-electron chi connectivity index (χ4n) is 4.20. The van der Waals surface area contributed by atoms with Crippen LogP contribution in [0.4, 0.5) is 0 Å². The van der Waals surface area contributed by atoms with Gasteiger partial charge in [0.15, 0.2) is 5.76 Å². The van der Waals surface area contributed by atoms with E-state index in [1.807, 2.05) is 12.1 Å². The molecular weight excluding hydrogens is 378 g/mol. The molecule has 0 N–H and O–H groups in total. The Morgan fingerprint density at radius 1 is 1.04 bits per heavy atom. The van der Waals surface area contributed by atoms with Gasteiger partial charge in [0.25, 0.3) is 5.91 Å². The summed E-state index contributed by atoms with van der Waals surface area (Å²) in [6.45, 7) is 4.80. The Hall–Kier alpha value is -2.19. The van der Waals surface area contributed by atoms with Crippen LogP contribution in [0.25, 0.3) is 0 Å². The Morgan fingerprint density at radius 2 is 1.82 bits per heavy atom. The van der Waals surface area contributed by atoms with Gasteiger partial charge in [0.2, 0.25) is 10.0 Å². The lowest BCUT2D eigenvalue weighted by molar-refractivity contribution is 0.0764. The second-order valence-electron chi connectivity index (χ2n) is 7.54. The summed E-state index contributed by atoms with van der Waals surface area (Å²) in [5.41, 5.74) is 3.67. The van der Waals surface area contributed by atoms with Gasteiger partial charge >= 0.3 is 0 Å². The first-order valence-corrected chi connectivity index (χ1v) is 11.2. The Labute approximate surface area is 165 Å². The van der Waals surface area contributed by atoms with Crippen LogP contribution < -0.4 is 0 Å².